The first-order valence-electron chi connectivity index (χ1n) is 8.54. The lowest BCUT2D eigenvalue weighted by atomic mass is 10.2. The Labute approximate surface area is 164 Å². The molecule has 0 spiro atoms. The second kappa shape index (κ2) is 8.46. The molecule has 6 nitrogen and oxygen atoms in total. The highest BCUT2D eigenvalue weighted by atomic mass is 32.2. The van der Waals surface area contributed by atoms with Crippen molar-refractivity contribution in [2.75, 3.05) is 11.3 Å². The number of rotatable bonds is 7. The van der Waals surface area contributed by atoms with Gasteiger partial charge in [0.2, 0.25) is 0 Å². The van der Waals surface area contributed by atoms with E-state index in [4.69, 9.17) is 14.7 Å². The number of hydrogen-bond donors (Lipinski definition) is 1. The predicted octanol–water partition coefficient (Wildman–Crippen LogP) is 4.55. The van der Waals surface area contributed by atoms with Gasteiger partial charge < -0.3 is 9.47 Å². The summed E-state index contributed by atoms with van der Waals surface area (Å²) < 4.78 is 39.1. The van der Waals surface area contributed by atoms with Crippen molar-refractivity contribution in [1.82, 2.24) is 0 Å². The molecule has 3 rings (SSSR count). The maximum Gasteiger partial charge on any atom is 0.262 e. The van der Waals surface area contributed by atoms with Crippen LogP contribution in [0, 0.1) is 11.3 Å². The van der Waals surface area contributed by atoms with Crippen LogP contribution in [0.5, 0.6) is 17.2 Å². The third kappa shape index (κ3) is 4.61. The van der Waals surface area contributed by atoms with E-state index < -0.39 is 10.0 Å². The van der Waals surface area contributed by atoms with Gasteiger partial charge in [-0.2, -0.15) is 5.26 Å². The normalized spacial score (nSPS) is 10.7. The zero-order valence-electron chi connectivity index (χ0n) is 15.1. The van der Waals surface area contributed by atoms with E-state index in [-0.39, 0.29) is 10.5 Å². The summed E-state index contributed by atoms with van der Waals surface area (Å²) in [5, 5.41) is 8.98. The summed E-state index contributed by atoms with van der Waals surface area (Å²) in [4.78, 5) is 0.00224. The third-order valence-corrected chi connectivity index (χ3v) is 5.13. The minimum Gasteiger partial charge on any atom is -0.494 e. The molecule has 0 saturated carbocycles. The van der Waals surface area contributed by atoms with Crippen molar-refractivity contribution >= 4 is 15.7 Å². The highest BCUT2D eigenvalue weighted by Crippen LogP contribution is 2.31. The number of anilines is 1. The highest BCUT2D eigenvalue weighted by Gasteiger charge is 2.17. The minimum atomic E-state index is -3.88. The minimum absolute atomic E-state index is 0.00224. The SMILES string of the molecule is CCOc1ccc(Oc2ccccc2NS(=O)(=O)c2cccc(C#N)c2)cc1. The van der Waals surface area contributed by atoms with E-state index in [9.17, 15) is 8.42 Å². The van der Waals surface area contributed by atoms with Gasteiger partial charge in [0.05, 0.1) is 28.8 Å². The molecule has 0 saturated heterocycles. The maximum atomic E-state index is 12.7. The van der Waals surface area contributed by atoms with Gasteiger partial charge in [-0.15, -0.1) is 0 Å². The van der Waals surface area contributed by atoms with Crippen LogP contribution in [0.1, 0.15) is 12.5 Å². The highest BCUT2D eigenvalue weighted by molar-refractivity contribution is 7.92. The number of nitriles is 1. The van der Waals surface area contributed by atoms with Crippen LogP contribution in [0.25, 0.3) is 0 Å². The maximum absolute atomic E-state index is 12.7. The summed E-state index contributed by atoms with van der Waals surface area (Å²) in [5.41, 5.74) is 0.556. The summed E-state index contributed by atoms with van der Waals surface area (Å²) in [5.74, 6) is 1.62. The van der Waals surface area contributed by atoms with E-state index in [0.29, 0.717) is 23.8 Å². The topological polar surface area (TPSA) is 88.4 Å². The molecule has 0 aromatic heterocycles. The van der Waals surface area contributed by atoms with Gasteiger partial charge in [0.1, 0.15) is 11.5 Å². The van der Waals surface area contributed by atoms with E-state index in [0.717, 1.165) is 5.75 Å². The Bertz CT molecular complexity index is 1100. The van der Waals surface area contributed by atoms with Crippen molar-refractivity contribution in [2.45, 2.75) is 11.8 Å². The van der Waals surface area contributed by atoms with Crippen LogP contribution in [0.4, 0.5) is 5.69 Å². The van der Waals surface area contributed by atoms with Gasteiger partial charge >= 0.3 is 0 Å². The van der Waals surface area contributed by atoms with Crippen molar-refractivity contribution in [3.8, 4) is 23.3 Å². The average Bonchev–Trinajstić information content (AvgIpc) is 2.71. The van der Waals surface area contributed by atoms with Crippen LogP contribution in [0.2, 0.25) is 0 Å². The van der Waals surface area contributed by atoms with Crippen molar-refractivity contribution in [2.24, 2.45) is 0 Å². The van der Waals surface area contributed by atoms with Crippen molar-refractivity contribution in [1.29, 1.82) is 5.26 Å². The summed E-state index contributed by atoms with van der Waals surface area (Å²) in [7, 11) is -3.88. The fourth-order valence-electron chi connectivity index (χ4n) is 2.47. The quantitative estimate of drug-likeness (QED) is 0.635. The van der Waals surface area contributed by atoms with Crippen LogP contribution in [0.3, 0.4) is 0 Å². The Kier molecular flexibility index (Phi) is 5.82. The molecule has 142 valence electrons. The lowest BCUT2D eigenvalue weighted by molar-refractivity contribution is 0.339. The Balaban J connectivity index is 1.84. The summed E-state index contributed by atoms with van der Waals surface area (Å²) in [6.45, 7) is 2.47. The predicted molar refractivity (Wildman–Crippen MR) is 106 cm³/mol. The second-order valence-corrected chi connectivity index (χ2v) is 7.43. The fourth-order valence-corrected chi connectivity index (χ4v) is 3.59. The Morgan fingerprint density at radius 2 is 1.68 bits per heavy atom. The first kappa shape index (κ1) is 19.3. The zero-order valence-corrected chi connectivity index (χ0v) is 15.9. The Morgan fingerprint density at radius 3 is 2.39 bits per heavy atom. The molecule has 7 heteroatoms. The van der Waals surface area contributed by atoms with E-state index >= 15 is 0 Å². The third-order valence-electron chi connectivity index (χ3n) is 3.77. The van der Waals surface area contributed by atoms with Crippen molar-refractivity contribution in [3.63, 3.8) is 0 Å². The summed E-state index contributed by atoms with van der Waals surface area (Å²) in [6.07, 6.45) is 0. The number of ether oxygens (including phenoxy) is 2. The number of benzene rings is 3. The Morgan fingerprint density at radius 1 is 0.964 bits per heavy atom. The molecule has 0 heterocycles. The molecule has 0 aliphatic carbocycles. The van der Waals surface area contributed by atoms with E-state index in [1.165, 1.54) is 18.2 Å². The number of nitrogens with zero attached hydrogens (tertiary/aromatic N) is 1. The van der Waals surface area contributed by atoms with E-state index in [1.54, 1.807) is 54.6 Å². The molecule has 0 bridgehead atoms. The van der Waals surface area contributed by atoms with Gasteiger partial charge in [-0.05, 0) is 61.5 Å². The van der Waals surface area contributed by atoms with Gasteiger partial charge in [0, 0.05) is 0 Å². The number of sulfonamides is 1. The number of nitrogens with one attached hydrogen (secondary N) is 1. The van der Waals surface area contributed by atoms with E-state index in [2.05, 4.69) is 4.72 Å². The standard InChI is InChI=1S/C21H18N2O4S/c1-2-26-17-10-12-18(13-11-17)27-21-9-4-3-8-20(21)23-28(24,25)19-7-5-6-16(14-19)15-22/h3-14,23H,2H2,1H3. The van der Waals surface area contributed by atoms with Gasteiger partial charge in [0.15, 0.2) is 5.75 Å². The monoisotopic (exact) mass is 394 g/mol. The molecule has 0 aliphatic rings. The van der Waals surface area contributed by atoms with Gasteiger partial charge in [-0.3, -0.25) is 4.72 Å². The largest absolute Gasteiger partial charge is 0.494 e. The zero-order chi connectivity index (χ0) is 20.0. The summed E-state index contributed by atoms with van der Waals surface area (Å²) in [6, 6.07) is 21.5. The molecule has 28 heavy (non-hydrogen) atoms. The Hall–Kier alpha value is -3.50. The molecule has 0 radical (unpaired) electrons. The molecular formula is C21H18N2O4S. The molecule has 0 atom stereocenters. The van der Waals surface area contributed by atoms with Crippen LogP contribution < -0.4 is 14.2 Å². The van der Waals surface area contributed by atoms with Crippen LogP contribution >= 0.6 is 0 Å². The molecular weight excluding hydrogens is 376 g/mol. The summed E-state index contributed by atoms with van der Waals surface area (Å²) >= 11 is 0. The van der Waals surface area contributed by atoms with Gasteiger partial charge in [-0.1, -0.05) is 18.2 Å². The van der Waals surface area contributed by atoms with Crippen LogP contribution in [0.15, 0.2) is 77.7 Å². The van der Waals surface area contributed by atoms with Gasteiger partial charge in [-0.25, -0.2) is 8.42 Å². The second-order valence-electron chi connectivity index (χ2n) is 5.75. The molecule has 0 fully saturated rings. The molecule has 0 aliphatic heterocycles. The first-order chi connectivity index (χ1) is 13.5. The average molecular weight is 394 g/mol. The lowest BCUT2D eigenvalue weighted by Crippen LogP contribution is -2.13. The van der Waals surface area contributed by atoms with Crippen LogP contribution in [-0.2, 0) is 10.0 Å². The van der Waals surface area contributed by atoms with Crippen molar-refractivity contribution in [3.05, 3.63) is 78.4 Å². The fraction of sp³-hybridized carbons (Fsp3) is 0.0952. The molecule has 1 N–H and O–H groups in total. The van der Waals surface area contributed by atoms with Crippen LogP contribution in [-0.4, -0.2) is 15.0 Å². The number of para-hydroxylation sites is 2. The smallest absolute Gasteiger partial charge is 0.262 e. The van der Waals surface area contributed by atoms with Crippen molar-refractivity contribution < 1.29 is 17.9 Å². The first-order valence-corrected chi connectivity index (χ1v) is 10.0. The molecule has 3 aromatic carbocycles. The van der Waals surface area contributed by atoms with Gasteiger partial charge in [0.25, 0.3) is 10.0 Å². The lowest BCUT2D eigenvalue weighted by Gasteiger charge is -2.14. The molecule has 3 aromatic rings. The molecule has 0 amide bonds. The van der Waals surface area contributed by atoms with E-state index in [1.807, 2.05) is 13.0 Å². The molecule has 0 unspecified atom stereocenters. The number of hydrogen-bond acceptors (Lipinski definition) is 5.